The number of carbonyl (C=O) groups is 2. The van der Waals surface area contributed by atoms with Gasteiger partial charge in [0.25, 0.3) is 11.6 Å². The van der Waals surface area contributed by atoms with E-state index in [0.717, 1.165) is 38.0 Å². The molecule has 0 aliphatic carbocycles. The maximum absolute atomic E-state index is 13.2. The van der Waals surface area contributed by atoms with Crippen molar-refractivity contribution < 1.29 is 14.5 Å². The predicted octanol–water partition coefficient (Wildman–Crippen LogP) is 3.24. The molecule has 9 nitrogen and oxygen atoms in total. The van der Waals surface area contributed by atoms with Crippen molar-refractivity contribution in [1.29, 1.82) is 0 Å². The van der Waals surface area contributed by atoms with Crippen LogP contribution in [0.3, 0.4) is 0 Å². The van der Waals surface area contributed by atoms with Gasteiger partial charge in [-0.1, -0.05) is 18.2 Å². The molecule has 0 aromatic heterocycles. The summed E-state index contributed by atoms with van der Waals surface area (Å²) >= 11 is 0. The number of anilines is 2. The summed E-state index contributed by atoms with van der Waals surface area (Å²) < 4.78 is 0. The first-order valence-electron chi connectivity index (χ1n) is 12.9. The van der Waals surface area contributed by atoms with Crippen LogP contribution in [0, 0.1) is 17.0 Å². The zero-order chi connectivity index (χ0) is 25.2. The molecule has 0 atom stereocenters. The number of nitro groups is 1. The lowest BCUT2D eigenvalue weighted by atomic mass is 9.96. The van der Waals surface area contributed by atoms with Gasteiger partial charge in [0.05, 0.1) is 4.92 Å². The first-order chi connectivity index (χ1) is 17.4. The van der Waals surface area contributed by atoms with Crippen LogP contribution in [0.4, 0.5) is 17.1 Å². The third-order valence-electron chi connectivity index (χ3n) is 7.67. The van der Waals surface area contributed by atoms with Gasteiger partial charge in [-0.3, -0.25) is 19.7 Å². The van der Waals surface area contributed by atoms with Gasteiger partial charge in [0.15, 0.2) is 0 Å². The molecule has 2 fully saturated rings. The normalized spacial score (nSPS) is 18.1. The highest BCUT2D eigenvalue weighted by Crippen LogP contribution is 2.35. The van der Waals surface area contributed by atoms with E-state index in [0.29, 0.717) is 56.8 Å². The molecule has 36 heavy (non-hydrogen) atoms. The number of rotatable bonds is 7. The van der Waals surface area contributed by atoms with E-state index in [1.165, 1.54) is 17.3 Å². The average molecular weight is 492 g/mol. The van der Waals surface area contributed by atoms with E-state index in [2.05, 4.69) is 28.9 Å². The van der Waals surface area contributed by atoms with E-state index in [1.807, 2.05) is 23.1 Å². The van der Waals surface area contributed by atoms with Crippen LogP contribution in [-0.2, 0) is 11.2 Å². The van der Waals surface area contributed by atoms with E-state index >= 15 is 0 Å². The number of likely N-dealkylation sites (tertiary alicyclic amines) is 1. The number of nitro benzene ring substituents is 1. The van der Waals surface area contributed by atoms with Crippen molar-refractivity contribution in [2.75, 3.05) is 62.2 Å². The van der Waals surface area contributed by atoms with E-state index in [1.54, 1.807) is 4.90 Å². The number of hydrogen-bond donors (Lipinski definition) is 0. The molecule has 190 valence electrons. The van der Waals surface area contributed by atoms with E-state index in [4.69, 9.17) is 0 Å². The first kappa shape index (κ1) is 24.1. The van der Waals surface area contributed by atoms with Gasteiger partial charge in [-0.15, -0.1) is 0 Å². The molecular weight excluding hydrogens is 458 g/mol. The van der Waals surface area contributed by atoms with Gasteiger partial charge in [0, 0.05) is 76.1 Å². The second kappa shape index (κ2) is 10.2. The number of piperazine rings is 1. The molecule has 3 aliphatic rings. The fraction of sp³-hybridized carbons (Fsp3) is 0.481. The minimum Gasteiger partial charge on any atom is -0.368 e. The van der Waals surface area contributed by atoms with Crippen molar-refractivity contribution in [3.8, 4) is 0 Å². The zero-order valence-electron chi connectivity index (χ0n) is 20.8. The molecule has 0 spiro atoms. The first-order valence-corrected chi connectivity index (χ1v) is 12.9. The van der Waals surface area contributed by atoms with Crippen LogP contribution in [0.5, 0.6) is 0 Å². The van der Waals surface area contributed by atoms with Crippen LogP contribution in [-0.4, -0.2) is 78.9 Å². The number of hydrogen-bond acceptors (Lipinski definition) is 6. The van der Waals surface area contributed by atoms with E-state index in [9.17, 15) is 19.7 Å². The lowest BCUT2D eigenvalue weighted by Crippen LogP contribution is -2.47. The highest BCUT2D eigenvalue weighted by atomic mass is 16.6. The molecule has 0 unspecified atom stereocenters. The van der Waals surface area contributed by atoms with Gasteiger partial charge in [0.2, 0.25) is 5.91 Å². The third-order valence-corrected chi connectivity index (χ3v) is 7.67. The molecule has 2 amide bonds. The molecular formula is C27H33N5O4. The van der Waals surface area contributed by atoms with Crippen molar-refractivity contribution in [1.82, 2.24) is 9.80 Å². The largest absolute Gasteiger partial charge is 0.368 e. The van der Waals surface area contributed by atoms with Crippen molar-refractivity contribution in [3.05, 3.63) is 63.2 Å². The van der Waals surface area contributed by atoms with Gasteiger partial charge in [-0.2, -0.15) is 0 Å². The molecule has 3 heterocycles. The maximum atomic E-state index is 13.2. The van der Waals surface area contributed by atoms with Crippen molar-refractivity contribution in [3.63, 3.8) is 0 Å². The maximum Gasteiger partial charge on any atom is 0.293 e. The number of benzene rings is 2. The number of nitrogens with zero attached hydrogens (tertiary/aromatic N) is 5. The average Bonchev–Trinajstić information content (AvgIpc) is 3.29. The van der Waals surface area contributed by atoms with Crippen LogP contribution in [0.1, 0.15) is 40.7 Å². The monoisotopic (exact) mass is 491 g/mol. The minimum atomic E-state index is -0.367. The van der Waals surface area contributed by atoms with Crippen LogP contribution in [0.25, 0.3) is 0 Å². The number of aryl methyl sites for hydroxylation is 1. The van der Waals surface area contributed by atoms with Crippen LogP contribution < -0.4 is 9.80 Å². The quantitative estimate of drug-likeness (QED) is 0.436. The Bertz CT molecular complexity index is 1170. The highest BCUT2D eigenvalue weighted by Gasteiger charge is 2.31. The summed E-state index contributed by atoms with van der Waals surface area (Å²) in [5.74, 6) is 0.0382. The lowest BCUT2D eigenvalue weighted by molar-refractivity contribution is -0.384. The van der Waals surface area contributed by atoms with Gasteiger partial charge < -0.3 is 19.6 Å². The smallest absolute Gasteiger partial charge is 0.293 e. The molecule has 9 heteroatoms. The Morgan fingerprint density at radius 2 is 1.56 bits per heavy atom. The Labute approximate surface area is 211 Å². The molecule has 0 bridgehead atoms. The summed E-state index contributed by atoms with van der Waals surface area (Å²) in [6.07, 6.45) is 2.92. The molecule has 2 saturated heterocycles. The van der Waals surface area contributed by atoms with Crippen molar-refractivity contribution in [2.45, 2.75) is 32.6 Å². The second-order valence-corrected chi connectivity index (χ2v) is 9.90. The summed E-state index contributed by atoms with van der Waals surface area (Å²) in [4.78, 5) is 44.7. The lowest BCUT2D eigenvalue weighted by Gasteiger charge is -2.38. The van der Waals surface area contributed by atoms with Gasteiger partial charge >= 0.3 is 0 Å². The third kappa shape index (κ3) is 4.74. The summed E-state index contributed by atoms with van der Waals surface area (Å²) in [7, 11) is 0. The molecule has 0 N–H and O–H groups in total. The number of para-hydroxylation sites is 1. The molecule has 0 radical (unpaired) electrons. The summed E-state index contributed by atoms with van der Waals surface area (Å²) in [5.41, 5.74) is 4.35. The Hall–Kier alpha value is -3.62. The Morgan fingerprint density at radius 1 is 0.861 bits per heavy atom. The SMILES string of the molecule is Cc1ccccc1N1CCN(c2cc3c(cc2[N+](=O)[O-])C(=O)N(CCCN2CCCC2=O)CC3)CC1. The number of fused-ring (bicyclic) bond motifs is 1. The number of carbonyl (C=O) groups excluding carboxylic acids is 2. The molecule has 3 aliphatic heterocycles. The van der Waals surface area contributed by atoms with Gasteiger partial charge in [-0.25, -0.2) is 0 Å². The summed E-state index contributed by atoms with van der Waals surface area (Å²) in [6.45, 7) is 7.63. The fourth-order valence-corrected chi connectivity index (χ4v) is 5.67. The minimum absolute atomic E-state index is 0.00375. The molecule has 2 aromatic carbocycles. The zero-order valence-corrected chi connectivity index (χ0v) is 20.8. The van der Waals surface area contributed by atoms with Gasteiger partial charge in [-0.05, 0) is 49.4 Å². The van der Waals surface area contributed by atoms with Crippen LogP contribution >= 0.6 is 0 Å². The summed E-state index contributed by atoms with van der Waals surface area (Å²) in [6, 6.07) is 11.6. The number of amides is 2. The van der Waals surface area contributed by atoms with Crippen LogP contribution in [0.15, 0.2) is 36.4 Å². The second-order valence-electron chi connectivity index (χ2n) is 9.90. The highest BCUT2D eigenvalue weighted by molar-refractivity contribution is 5.98. The fourth-order valence-electron chi connectivity index (χ4n) is 5.67. The predicted molar refractivity (Wildman–Crippen MR) is 139 cm³/mol. The Morgan fingerprint density at radius 3 is 2.22 bits per heavy atom. The molecule has 2 aromatic rings. The van der Waals surface area contributed by atoms with Gasteiger partial charge in [0.1, 0.15) is 5.69 Å². The standard InChI is InChI=1S/C27H33N5O4/c1-20-6-2-3-7-23(20)28-14-16-29(17-15-28)24-18-21-9-13-31(12-5-11-30-10-4-8-26(30)33)27(34)22(21)19-25(24)32(35)36/h2-3,6-7,18-19H,4-5,8-17H2,1H3. The van der Waals surface area contributed by atoms with Crippen LogP contribution in [0.2, 0.25) is 0 Å². The Kier molecular flexibility index (Phi) is 6.80. The Balaban J connectivity index is 1.28. The van der Waals surface area contributed by atoms with E-state index < -0.39 is 0 Å². The molecule has 0 saturated carbocycles. The van der Waals surface area contributed by atoms with Crippen molar-refractivity contribution in [2.24, 2.45) is 0 Å². The summed E-state index contributed by atoms with van der Waals surface area (Å²) in [5, 5.41) is 12.0. The van der Waals surface area contributed by atoms with E-state index in [-0.39, 0.29) is 22.4 Å². The van der Waals surface area contributed by atoms with Crippen molar-refractivity contribution >= 4 is 28.9 Å². The topological polar surface area (TPSA) is 90.2 Å². The molecule has 5 rings (SSSR count).